The molecule has 0 aliphatic carbocycles. The van der Waals surface area contributed by atoms with Gasteiger partial charge in [0, 0.05) is 39.1 Å². The van der Waals surface area contributed by atoms with Crippen LogP contribution in [0.25, 0.3) is 32.8 Å². The highest BCUT2D eigenvalue weighted by Gasteiger charge is 2.19. The largest absolute Gasteiger partial charge is 0.341 e. The lowest BCUT2D eigenvalue weighted by atomic mass is 10.1. The van der Waals surface area contributed by atoms with Crippen LogP contribution in [0.4, 0.5) is 17.3 Å². The van der Waals surface area contributed by atoms with Gasteiger partial charge in [0.25, 0.3) is 10.0 Å². The van der Waals surface area contributed by atoms with Crippen LogP contribution in [0.1, 0.15) is 6.92 Å². The van der Waals surface area contributed by atoms with Gasteiger partial charge in [0.05, 0.1) is 15.9 Å². The summed E-state index contributed by atoms with van der Waals surface area (Å²) in [6.07, 6.45) is 0. The zero-order valence-electron chi connectivity index (χ0n) is 19.8. The maximum Gasteiger partial charge on any atom is 0.263 e. The van der Waals surface area contributed by atoms with Crippen molar-refractivity contribution < 1.29 is 8.42 Å². The smallest absolute Gasteiger partial charge is 0.263 e. The van der Waals surface area contributed by atoms with Crippen molar-refractivity contribution in [3.8, 4) is 0 Å². The van der Waals surface area contributed by atoms with E-state index in [0.29, 0.717) is 21.9 Å². The predicted octanol–water partition coefficient (Wildman–Crippen LogP) is 6.96. The molecular weight excluding hydrogens is 506 g/mol. The van der Waals surface area contributed by atoms with Crippen molar-refractivity contribution in [1.29, 1.82) is 0 Å². The Hall–Kier alpha value is -4.14. The van der Waals surface area contributed by atoms with Crippen LogP contribution in [0, 0.1) is 0 Å². The number of benzene rings is 4. The number of aromatic nitrogens is 3. The molecule has 2 aromatic heterocycles. The van der Waals surface area contributed by atoms with Gasteiger partial charge in [0.15, 0.2) is 11.6 Å². The van der Waals surface area contributed by atoms with Crippen LogP contribution < -0.4 is 10.0 Å². The SMILES string of the molecule is CCn1c2ccccc2c2cc(Nc3nc4ccccc4nc3NS(=O)(=O)c3ccc(Cl)cc3)ccc21. The summed E-state index contributed by atoms with van der Waals surface area (Å²) in [5.74, 6) is 0.402. The van der Waals surface area contributed by atoms with Gasteiger partial charge in [-0.2, -0.15) is 0 Å². The van der Waals surface area contributed by atoms with E-state index in [9.17, 15) is 8.42 Å². The molecule has 0 fully saturated rings. The molecule has 4 aromatic carbocycles. The summed E-state index contributed by atoms with van der Waals surface area (Å²) in [6.45, 7) is 2.98. The predicted molar refractivity (Wildman–Crippen MR) is 150 cm³/mol. The van der Waals surface area contributed by atoms with Gasteiger partial charge in [-0.1, -0.05) is 41.9 Å². The summed E-state index contributed by atoms with van der Waals surface area (Å²) in [7, 11) is -3.93. The van der Waals surface area contributed by atoms with E-state index in [1.54, 1.807) is 6.07 Å². The van der Waals surface area contributed by atoms with Crippen LogP contribution in [0.3, 0.4) is 0 Å². The van der Waals surface area contributed by atoms with Crippen LogP contribution in [-0.4, -0.2) is 23.0 Å². The van der Waals surface area contributed by atoms with E-state index in [-0.39, 0.29) is 10.7 Å². The fraction of sp³-hybridized carbons (Fsp3) is 0.0714. The van der Waals surface area contributed by atoms with Gasteiger partial charge in [-0.3, -0.25) is 4.72 Å². The average molecular weight is 528 g/mol. The Balaban J connectivity index is 1.45. The van der Waals surface area contributed by atoms with E-state index in [4.69, 9.17) is 16.6 Å². The van der Waals surface area contributed by atoms with Gasteiger partial charge in [0.1, 0.15) is 0 Å². The summed E-state index contributed by atoms with van der Waals surface area (Å²) in [6, 6.07) is 27.6. The second-order valence-corrected chi connectivity index (χ2v) is 10.7. The molecule has 0 aliphatic heterocycles. The molecule has 0 radical (unpaired) electrons. The van der Waals surface area contributed by atoms with E-state index in [1.165, 1.54) is 29.8 Å². The first kappa shape index (κ1) is 23.3. The summed E-state index contributed by atoms with van der Waals surface area (Å²) in [5, 5.41) is 6.00. The number of halogens is 1. The average Bonchev–Trinajstić information content (AvgIpc) is 3.22. The van der Waals surface area contributed by atoms with E-state index >= 15 is 0 Å². The second kappa shape index (κ2) is 9.06. The van der Waals surface area contributed by atoms with Crippen LogP contribution >= 0.6 is 11.6 Å². The van der Waals surface area contributed by atoms with Crippen LogP contribution in [0.15, 0.2) is 95.9 Å². The first-order chi connectivity index (χ1) is 17.9. The number of para-hydroxylation sites is 3. The molecular formula is C28H22ClN5O2S. The monoisotopic (exact) mass is 527 g/mol. The number of anilines is 3. The molecule has 184 valence electrons. The quantitative estimate of drug-likeness (QED) is 0.244. The normalized spacial score (nSPS) is 11.8. The molecule has 9 heteroatoms. The zero-order chi connectivity index (χ0) is 25.6. The van der Waals surface area contributed by atoms with Crippen molar-refractivity contribution in [3.05, 3.63) is 96.0 Å². The van der Waals surface area contributed by atoms with Gasteiger partial charge in [0.2, 0.25) is 0 Å². The van der Waals surface area contributed by atoms with Gasteiger partial charge in [-0.05, 0) is 67.6 Å². The van der Waals surface area contributed by atoms with Crippen LogP contribution in [0.5, 0.6) is 0 Å². The molecule has 37 heavy (non-hydrogen) atoms. The number of aryl methyl sites for hydroxylation is 1. The maximum atomic E-state index is 13.2. The summed E-state index contributed by atoms with van der Waals surface area (Å²) in [4.78, 5) is 9.36. The number of nitrogens with one attached hydrogen (secondary N) is 2. The number of hydrogen-bond acceptors (Lipinski definition) is 5. The van der Waals surface area contributed by atoms with Gasteiger partial charge < -0.3 is 9.88 Å². The maximum absolute atomic E-state index is 13.2. The standard InChI is InChI=1S/C28H22ClN5O2S/c1-2-34-25-10-6-3-7-21(25)22-17-19(13-16-26(22)34)30-27-28(32-24-9-5-4-8-23(24)31-27)33-37(35,36)20-14-11-18(29)12-15-20/h3-17H,2H2,1H3,(H,30,31)(H,32,33). The highest BCUT2D eigenvalue weighted by atomic mass is 35.5. The second-order valence-electron chi connectivity index (χ2n) is 8.59. The molecule has 0 saturated carbocycles. The molecule has 7 nitrogen and oxygen atoms in total. The third kappa shape index (κ3) is 4.24. The van der Waals surface area contributed by atoms with Gasteiger partial charge in [-0.15, -0.1) is 0 Å². The van der Waals surface area contributed by atoms with E-state index in [2.05, 4.69) is 50.8 Å². The topological polar surface area (TPSA) is 88.9 Å². The molecule has 0 bridgehead atoms. The Morgan fingerprint density at radius 3 is 2.16 bits per heavy atom. The number of hydrogen-bond donors (Lipinski definition) is 2. The number of fused-ring (bicyclic) bond motifs is 4. The fourth-order valence-corrected chi connectivity index (χ4v) is 5.70. The van der Waals surface area contributed by atoms with Crippen molar-refractivity contribution in [2.45, 2.75) is 18.4 Å². The lowest BCUT2D eigenvalue weighted by Crippen LogP contribution is -2.16. The van der Waals surface area contributed by atoms with Crippen molar-refractivity contribution in [1.82, 2.24) is 14.5 Å². The molecule has 6 aromatic rings. The van der Waals surface area contributed by atoms with E-state index in [1.807, 2.05) is 36.4 Å². The Labute approximate surface area is 218 Å². The molecule has 0 saturated heterocycles. The Kier molecular flexibility index (Phi) is 5.70. The first-order valence-corrected chi connectivity index (χ1v) is 13.6. The number of sulfonamides is 1. The third-order valence-corrected chi connectivity index (χ3v) is 7.88. The Morgan fingerprint density at radius 2 is 1.43 bits per heavy atom. The summed E-state index contributed by atoms with van der Waals surface area (Å²) in [5.41, 5.74) is 4.27. The summed E-state index contributed by atoms with van der Waals surface area (Å²) < 4.78 is 31.2. The minimum Gasteiger partial charge on any atom is -0.341 e. The molecule has 2 heterocycles. The first-order valence-electron chi connectivity index (χ1n) is 11.8. The number of rotatable bonds is 6. The van der Waals surface area contributed by atoms with E-state index in [0.717, 1.165) is 28.5 Å². The highest BCUT2D eigenvalue weighted by molar-refractivity contribution is 7.92. The van der Waals surface area contributed by atoms with Crippen LogP contribution in [-0.2, 0) is 16.6 Å². The lowest BCUT2D eigenvalue weighted by molar-refractivity contribution is 0.601. The minimum atomic E-state index is -3.93. The third-order valence-electron chi connectivity index (χ3n) is 6.28. The molecule has 0 atom stereocenters. The minimum absolute atomic E-state index is 0.0756. The molecule has 0 spiro atoms. The van der Waals surface area contributed by atoms with Crippen LogP contribution in [0.2, 0.25) is 5.02 Å². The number of nitrogens with zero attached hydrogens (tertiary/aromatic N) is 3. The molecule has 0 amide bonds. The summed E-state index contributed by atoms with van der Waals surface area (Å²) >= 11 is 5.94. The lowest BCUT2D eigenvalue weighted by Gasteiger charge is -2.14. The zero-order valence-corrected chi connectivity index (χ0v) is 21.4. The molecule has 2 N–H and O–H groups in total. The van der Waals surface area contributed by atoms with Crippen molar-refractivity contribution in [2.24, 2.45) is 0 Å². The molecule has 0 aliphatic rings. The van der Waals surface area contributed by atoms with Crippen molar-refractivity contribution in [3.63, 3.8) is 0 Å². The highest BCUT2D eigenvalue weighted by Crippen LogP contribution is 2.33. The molecule has 6 rings (SSSR count). The van der Waals surface area contributed by atoms with E-state index < -0.39 is 10.0 Å². The fourth-order valence-electron chi connectivity index (χ4n) is 4.57. The van der Waals surface area contributed by atoms with Crippen molar-refractivity contribution in [2.75, 3.05) is 10.0 Å². The van der Waals surface area contributed by atoms with Gasteiger partial charge in [-0.25, -0.2) is 18.4 Å². The Bertz CT molecular complexity index is 1900. The van der Waals surface area contributed by atoms with Crippen molar-refractivity contribution >= 4 is 71.8 Å². The molecule has 0 unspecified atom stereocenters. The van der Waals surface area contributed by atoms with Gasteiger partial charge >= 0.3 is 0 Å². The Morgan fingerprint density at radius 1 is 0.784 bits per heavy atom.